The lowest BCUT2D eigenvalue weighted by Crippen LogP contribution is -2.23. The fourth-order valence-electron chi connectivity index (χ4n) is 2.06. The van der Waals surface area contributed by atoms with Gasteiger partial charge in [-0.25, -0.2) is 9.97 Å². The van der Waals surface area contributed by atoms with E-state index in [2.05, 4.69) is 25.9 Å². The van der Waals surface area contributed by atoms with E-state index in [0.717, 1.165) is 37.3 Å². The first-order chi connectivity index (χ1) is 8.50. The zero-order chi connectivity index (χ0) is 13.2. The van der Waals surface area contributed by atoms with E-state index in [1.807, 2.05) is 4.90 Å². The van der Waals surface area contributed by atoms with Crippen LogP contribution in [0.4, 0.5) is 19.1 Å². The smallest absolute Gasteiger partial charge is 0.341 e. The lowest BCUT2D eigenvalue weighted by Gasteiger charge is -2.17. The normalized spacial score (nSPS) is 20.4. The van der Waals surface area contributed by atoms with E-state index in [0.29, 0.717) is 5.92 Å². The molecule has 1 aliphatic rings. The van der Waals surface area contributed by atoms with Crippen LogP contribution >= 0.6 is 15.9 Å². The van der Waals surface area contributed by atoms with Crippen LogP contribution in [0, 0.1) is 5.92 Å². The number of hydrogen-bond acceptors (Lipinski definition) is 3. The summed E-state index contributed by atoms with van der Waals surface area (Å²) in [6.45, 7) is 1.45. The molecule has 7 heteroatoms. The third kappa shape index (κ3) is 3.13. The van der Waals surface area contributed by atoms with Crippen molar-refractivity contribution in [3.8, 4) is 0 Å². The SMILES string of the molecule is FC(F)(F)c1ccnc(N2CCC(CCBr)C2)n1. The molecule has 1 unspecified atom stereocenters. The highest BCUT2D eigenvalue weighted by molar-refractivity contribution is 9.09. The predicted octanol–water partition coefficient (Wildman–Crippen LogP) is 3.11. The Labute approximate surface area is 112 Å². The van der Waals surface area contributed by atoms with Gasteiger partial charge >= 0.3 is 6.18 Å². The highest BCUT2D eigenvalue weighted by Crippen LogP contribution is 2.29. The van der Waals surface area contributed by atoms with E-state index in [1.54, 1.807) is 0 Å². The van der Waals surface area contributed by atoms with Gasteiger partial charge in [0.05, 0.1) is 0 Å². The van der Waals surface area contributed by atoms with Gasteiger partial charge in [-0.3, -0.25) is 0 Å². The van der Waals surface area contributed by atoms with Gasteiger partial charge in [0.2, 0.25) is 5.95 Å². The summed E-state index contributed by atoms with van der Waals surface area (Å²) < 4.78 is 37.6. The number of rotatable bonds is 3. The minimum atomic E-state index is -4.41. The Morgan fingerprint density at radius 2 is 2.22 bits per heavy atom. The third-order valence-corrected chi connectivity index (χ3v) is 3.48. The molecule has 2 heterocycles. The van der Waals surface area contributed by atoms with Gasteiger partial charge in [0.15, 0.2) is 0 Å². The number of anilines is 1. The summed E-state index contributed by atoms with van der Waals surface area (Å²) in [5.74, 6) is 0.685. The zero-order valence-corrected chi connectivity index (χ0v) is 11.2. The first-order valence-corrected chi connectivity index (χ1v) is 6.84. The first-order valence-electron chi connectivity index (χ1n) is 5.72. The topological polar surface area (TPSA) is 29.0 Å². The van der Waals surface area contributed by atoms with Gasteiger partial charge in [-0.05, 0) is 24.8 Å². The van der Waals surface area contributed by atoms with Crippen molar-refractivity contribution < 1.29 is 13.2 Å². The van der Waals surface area contributed by atoms with E-state index in [9.17, 15) is 13.2 Å². The fraction of sp³-hybridized carbons (Fsp3) is 0.636. The van der Waals surface area contributed by atoms with Crippen LogP contribution in [0.2, 0.25) is 0 Å². The molecule has 1 saturated heterocycles. The fourth-order valence-corrected chi connectivity index (χ4v) is 2.71. The minimum Gasteiger partial charge on any atom is -0.341 e. The maximum atomic E-state index is 12.5. The number of aromatic nitrogens is 2. The van der Waals surface area contributed by atoms with E-state index in [1.165, 1.54) is 6.20 Å². The Morgan fingerprint density at radius 1 is 1.44 bits per heavy atom. The molecule has 0 saturated carbocycles. The molecule has 0 radical (unpaired) electrons. The summed E-state index contributed by atoms with van der Waals surface area (Å²) in [5.41, 5.74) is -0.878. The van der Waals surface area contributed by atoms with Gasteiger partial charge in [-0.2, -0.15) is 13.2 Å². The lowest BCUT2D eigenvalue weighted by molar-refractivity contribution is -0.141. The molecule has 0 amide bonds. The second kappa shape index (κ2) is 5.42. The van der Waals surface area contributed by atoms with Crippen molar-refractivity contribution in [1.82, 2.24) is 9.97 Å². The summed E-state index contributed by atoms with van der Waals surface area (Å²) in [5, 5.41) is 0.912. The minimum absolute atomic E-state index is 0.182. The standard InChI is InChI=1S/C11H13BrF3N3/c12-4-1-8-3-6-18(7-8)10-16-5-2-9(17-10)11(13,14)15/h2,5,8H,1,3-4,6-7H2. The van der Waals surface area contributed by atoms with Gasteiger partial charge in [0, 0.05) is 24.6 Å². The summed E-state index contributed by atoms with van der Waals surface area (Å²) in [6.07, 6.45) is -1.24. The highest BCUT2D eigenvalue weighted by atomic mass is 79.9. The van der Waals surface area contributed by atoms with Crippen LogP contribution in [-0.2, 0) is 6.18 Å². The van der Waals surface area contributed by atoms with Crippen LogP contribution in [0.5, 0.6) is 0 Å². The predicted molar refractivity (Wildman–Crippen MR) is 65.8 cm³/mol. The van der Waals surface area contributed by atoms with Crippen LogP contribution in [0.3, 0.4) is 0 Å². The average molecular weight is 324 g/mol. The van der Waals surface area contributed by atoms with Gasteiger partial charge in [0.25, 0.3) is 0 Å². The molecule has 18 heavy (non-hydrogen) atoms. The second-order valence-electron chi connectivity index (χ2n) is 4.32. The molecule has 1 atom stereocenters. The van der Waals surface area contributed by atoms with Crippen molar-refractivity contribution in [2.75, 3.05) is 23.3 Å². The molecule has 3 nitrogen and oxygen atoms in total. The molecular formula is C11H13BrF3N3. The maximum Gasteiger partial charge on any atom is 0.433 e. The summed E-state index contributed by atoms with van der Waals surface area (Å²) >= 11 is 3.37. The Balaban J connectivity index is 2.10. The molecule has 0 aliphatic carbocycles. The average Bonchev–Trinajstić information content (AvgIpc) is 2.77. The Bertz CT molecular complexity index is 411. The Kier molecular flexibility index (Phi) is 4.09. The van der Waals surface area contributed by atoms with Gasteiger partial charge in [0.1, 0.15) is 5.69 Å². The summed E-state index contributed by atoms with van der Waals surface area (Å²) in [7, 11) is 0. The van der Waals surface area contributed by atoms with E-state index >= 15 is 0 Å². The van der Waals surface area contributed by atoms with Crippen molar-refractivity contribution in [3.05, 3.63) is 18.0 Å². The van der Waals surface area contributed by atoms with Crippen LogP contribution in [-0.4, -0.2) is 28.4 Å². The molecule has 2 rings (SSSR count). The molecule has 1 aromatic heterocycles. The van der Waals surface area contributed by atoms with E-state index < -0.39 is 11.9 Å². The number of hydrogen-bond donors (Lipinski definition) is 0. The molecule has 0 bridgehead atoms. The van der Waals surface area contributed by atoms with Crippen LogP contribution in [0.1, 0.15) is 18.5 Å². The molecule has 0 N–H and O–H groups in total. The van der Waals surface area contributed by atoms with Crippen LogP contribution < -0.4 is 4.90 Å². The monoisotopic (exact) mass is 323 g/mol. The Morgan fingerprint density at radius 3 is 2.89 bits per heavy atom. The molecular weight excluding hydrogens is 311 g/mol. The number of halogens is 4. The largest absolute Gasteiger partial charge is 0.433 e. The van der Waals surface area contributed by atoms with Crippen molar-refractivity contribution >= 4 is 21.9 Å². The molecule has 0 spiro atoms. The number of alkyl halides is 4. The number of nitrogens with zero attached hydrogens (tertiary/aromatic N) is 3. The van der Waals surface area contributed by atoms with Crippen molar-refractivity contribution in [1.29, 1.82) is 0 Å². The molecule has 1 fully saturated rings. The Hall–Kier alpha value is -0.850. The molecule has 0 aromatic carbocycles. The second-order valence-corrected chi connectivity index (χ2v) is 5.11. The molecule has 1 aromatic rings. The highest BCUT2D eigenvalue weighted by Gasteiger charge is 2.34. The van der Waals surface area contributed by atoms with Gasteiger partial charge in [-0.15, -0.1) is 0 Å². The van der Waals surface area contributed by atoms with Crippen LogP contribution in [0.25, 0.3) is 0 Å². The van der Waals surface area contributed by atoms with Gasteiger partial charge in [-0.1, -0.05) is 15.9 Å². The van der Waals surface area contributed by atoms with Crippen molar-refractivity contribution in [3.63, 3.8) is 0 Å². The first kappa shape index (κ1) is 13.6. The third-order valence-electron chi connectivity index (χ3n) is 3.02. The van der Waals surface area contributed by atoms with Crippen molar-refractivity contribution in [2.45, 2.75) is 19.0 Å². The van der Waals surface area contributed by atoms with Crippen molar-refractivity contribution in [2.24, 2.45) is 5.92 Å². The molecule has 1 aliphatic heterocycles. The summed E-state index contributed by atoms with van der Waals surface area (Å²) in [6, 6.07) is 0.898. The van der Waals surface area contributed by atoms with E-state index in [-0.39, 0.29) is 5.95 Å². The van der Waals surface area contributed by atoms with Crippen LogP contribution in [0.15, 0.2) is 12.3 Å². The molecule has 100 valence electrons. The quantitative estimate of drug-likeness (QED) is 0.800. The summed E-state index contributed by atoms with van der Waals surface area (Å²) in [4.78, 5) is 9.35. The maximum absolute atomic E-state index is 12.5. The zero-order valence-electron chi connectivity index (χ0n) is 9.62. The van der Waals surface area contributed by atoms with E-state index in [4.69, 9.17) is 0 Å². The lowest BCUT2D eigenvalue weighted by atomic mass is 10.1. The van der Waals surface area contributed by atoms with Gasteiger partial charge < -0.3 is 4.90 Å².